The van der Waals surface area contributed by atoms with E-state index < -0.39 is 186 Å². The number of aliphatic hydroxyl groups excluding tert-OH is 16. The molecular formula is C30H50O27. The van der Waals surface area contributed by atoms with Crippen molar-refractivity contribution in [1.82, 2.24) is 0 Å². The Morgan fingerprint density at radius 2 is 0.772 bits per heavy atom. The smallest absolute Gasteiger partial charge is 0.335 e. The van der Waals surface area contributed by atoms with Crippen LogP contribution in [0.1, 0.15) is 0 Å². The minimum atomic E-state index is -2.28. The number of carbonyl (C=O) groups is 1. The van der Waals surface area contributed by atoms with Gasteiger partial charge in [0.2, 0.25) is 0 Å². The second-order valence-corrected chi connectivity index (χ2v) is 14.0. The van der Waals surface area contributed by atoms with Crippen LogP contribution >= 0.6 is 0 Å². The summed E-state index contributed by atoms with van der Waals surface area (Å²) in [5.74, 6) is -1.85. The van der Waals surface area contributed by atoms with Gasteiger partial charge in [0.15, 0.2) is 37.6 Å². The number of aliphatic hydroxyl groups is 16. The highest BCUT2D eigenvalue weighted by Crippen LogP contribution is 2.34. The molecular weight excluding hydrogens is 792 g/mol. The fourth-order valence-electron chi connectivity index (χ4n) is 6.85. The van der Waals surface area contributed by atoms with Crippen LogP contribution in [0, 0.1) is 0 Å². The van der Waals surface area contributed by atoms with Crippen LogP contribution in [0.25, 0.3) is 0 Å². The Balaban J connectivity index is 1.26. The maximum Gasteiger partial charge on any atom is 0.335 e. The van der Waals surface area contributed by atoms with E-state index in [1.54, 1.807) is 0 Å². The number of hydrogen-bond donors (Lipinski definition) is 17. The SMILES string of the molecule is O=C(O)[C@H]1O[C@H](O[C@H]2[C@H](OC[C@H]3OC(O)[C@@H](O[C@H]4O[C@H](CO)[C@@H](O)[C@H](O)[C@@H]4O)[C@@H](O)[C@@H]3O)O[C@H](CO)[C@H](O)[C@@H]2O)[C@H](O)[C@@H](O)[C@@H]1O[C@@H]1O[C@H](CO)[C@@H](O)[C@H](O)[C@@H]1O. The lowest BCUT2D eigenvalue weighted by molar-refractivity contribution is -0.385. The lowest BCUT2D eigenvalue weighted by atomic mass is 9.96. The quantitative estimate of drug-likeness (QED) is 0.0818. The van der Waals surface area contributed by atoms with Crippen LogP contribution in [-0.4, -0.2) is 273 Å². The van der Waals surface area contributed by atoms with Crippen LogP contribution in [0.3, 0.4) is 0 Å². The van der Waals surface area contributed by atoms with Crippen molar-refractivity contribution in [2.75, 3.05) is 26.4 Å². The molecule has 27 nitrogen and oxygen atoms in total. The third-order valence-corrected chi connectivity index (χ3v) is 10.3. The molecule has 5 fully saturated rings. The van der Waals surface area contributed by atoms with Gasteiger partial charge in [0.25, 0.3) is 0 Å². The highest BCUT2D eigenvalue weighted by molar-refractivity contribution is 5.73. The number of rotatable bonds is 13. The van der Waals surface area contributed by atoms with Gasteiger partial charge in [0.05, 0.1) is 26.4 Å². The van der Waals surface area contributed by atoms with Gasteiger partial charge in [0, 0.05) is 0 Å². The predicted octanol–water partition coefficient (Wildman–Crippen LogP) is -11.8. The summed E-state index contributed by atoms with van der Waals surface area (Å²) >= 11 is 0. The molecule has 0 bridgehead atoms. The first-order chi connectivity index (χ1) is 26.9. The molecule has 0 aromatic rings. The van der Waals surface area contributed by atoms with Crippen LogP contribution in [-0.2, 0) is 47.4 Å². The van der Waals surface area contributed by atoms with Crippen LogP contribution in [0.4, 0.5) is 0 Å². The zero-order valence-electron chi connectivity index (χ0n) is 29.4. The van der Waals surface area contributed by atoms with Gasteiger partial charge in [-0.3, -0.25) is 0 Å². The monoisotopic (exact) mass is 842 g/mol. The maximum absolute atomic E-state index is 12.3. The fourth-order valence-corrected chi connectivity index (χ4v) is 6.85. The molecule has 27 heteroatoms. The van der Waals surface area contributed by atoms with E-state index in [9.17, 15) is 91.6 Å². The average molecular weight is 843 g/mol. The Labute approximate surface area is 320 Å². The van der Waals surface area contributed by atoms with Gasteiger partial charge in [0.1, 0.15) is 116 Å². The first-order valence-electron chi connectivity index (χ1n) is 17.6. The molecule has 5 aliphatic rings. The summed E-state index contributed by atoms with van der Waals surface area (Å²) in [5, 5.41) is 175. The topological polar surface area (TPSA) is 444 Å². The minimum Gasteiger partial charge on any atom is -0.479 e. The number of carboxylic acid groups (broad SMARTS) is 1. The minimum absolute atomic E-state index is 0.830. The van der Waals surface area contributed by atoms with Gasteiger partial charge in [-0.2, -0.15) is 0 Å². The normalized spacial score (nSPS) is 52.4. The molecule has 25 atom stereocenters. The summed E-state index contributed by atoms with van der Waals surface area (Å²) in [7, 11) is 0. The standard InChI is InChI=1S/C30H50O27/c31-1-5-9(34)13(38)18(43)27(51-5)54-21-17(42)20(45)29(57-24(21)25(46)47)56-23-16(41)11(36)7(3-33)53-30(23)49-4-8-12(37)15(40)22(26(48)50-8)55-28-19(44)14(39)10(35)6(2-32)52-28/h5-24,26-45,48H,1-4H2,(H,46,47)/t5-,6-,7-,8-,9-,10-,11+,12-,13+,14+,15+,16+,17-,18+,19+,20-,21+,22+,23-,24+,26?,27+,28-,29+,30-/m1/s1. The number of carboxylic acids is 1. The number of ether oxygens (including phenoxy) is 9. The molecule has 5 saturated heterocycles. The van der Waals surface area contributed by atoms with E-state index in [4.69, 9.17) is 42.6 Å². The fraction of sp³-hybridized carbons (Fsp3) is 0.967. The summed E-state index contributed by atoms with van der Waals surface area (Å²) in [6, 6.07) is 0. The molecule has 0 aliphatic carbocycles. The summed E-state index contributed by atoms with van der Waals surface area (Å²) in [5.41, 5.74) is 0. The van der Waals surface area contributed by atoms with Crippen LogP contribution < -0.4 is 0 Å². The van der Waals surface area contributed by atoms with Crippen LogP contribution in [0.2, 0.25) is 0 Å². The maximum atomic E-state index is 12.3. The molecule has 0 aromatic carbocycles. The van der Waals surface area contributed by atoms with E-state index in [0.717, 1.165) is 0 Å². The zero-order chi connectivity index (χ0) is 42.2. The van der Waals surface area contributed by atoms with E-state index >= 15 is 0 Å². The third kappa shape index (κ3) is 9.53. The average Bonchev–Trinajstić information content (AvgIpc) is 3.18. The molecule has 5 rings (SSSR count). The predicted molar refractivity (Wildman–Crippen MR) is 167 cm³/mol. The van der Waals surface area contributed by atoms with Crippen molar-refractivity contribution >= 4 is 5.97 Å². The Bertz CT molecular complexity index is 1280. The highest BCUT2D eigenvalue weighted by Gasteiger charge is 2.56. The second-order valence-electron chi connectivity index (χ2n) is 14.0. The highest BCUT2D eigenvalue weighted by atomic mass is 16.8. The molecule has 0 spiro atoms. The molecule has 57 heavy (non-hydrogen) atoms. The van der Waals surface area contributed by atoms with Crippen molar-refractivity contribution in [3.63, 3.8) is 0 Å². The van der Waals surface area contributed by atoms with E-state index in [2.05, 4.69) is 0 Å². The summed E-state index contributed by atoms with van der Waals surface area (Å²) in [6.07, 6.45) is -48.7. The molecule has 5 heterocycles. The first kappa shape index (κ1) is 46.5. The molecule has 0 amide bonds. The second kappa shape index (κ2) is 19.5. The van der Waals surface area contributed by atoms with Crippen molar-refractivity contribution in [3.8, 4) is 0 Å². The van der Waals surface area contributed by atoms with E-state index in [1.807, 2.05) is 0 Å². The molecule has 5 aliphatic heterocycles. The Morgan fingerprint density at radius 1 is 0.404 bits per heavy atom. The Morgan fingerprint density at radius 3 is 1.26 bits per heavy atom. The third-order valence-electron chi connectivity index (χ3n) is 10.3. The molecule has 0 radical (unpaired) electrons. The van der Waals surface area contributed by atoms with Gasteiger partial charge < -0.3 is 129 Å². The molecule has 0 saturated carbocycles. The summed E-state index contributed by atoms with van der Waals surface area (Å²) in [6.45, 7) is -3.51. The van der Waals surface area contributed by atoms with Crippen molar-refractivity contribution in [1.29, 1.82) is 0 Å². The summed E-state index contributed by atoms with van der Waals surface area (Å²) < 4.78 is 48.3. The van der Waals surface area contributed by atoms with E-state index in [-0.39, 0.29) is 0 Å². The van der Waals surface area contributed by atoms with Crippen molar-refractivity contribution in [2.24, 2.45) is 0 Å². The van der Waals surface area contributed by atoms with Crippen molar-refractivity contribution in [2.45, 2.75) is 154 Å². The van der Waals surface area contributed by atoms with Gasteiger partial charge in [-0.15, -0.1) is 0 Å². The molecule has 0 aromatic heterocycles. The molecule has 332 valence electrons. The molecule has 1 unspecified atom stereocenters. The van der Waals surface area contributed by atoms with Gasteiger partial charge in [-0.05, 0) is 0 Å². The van der Waals surface area contributed by atoms with Gasteiger partial charge in [-0.25, -0.2) is 4.79 Å². The summed E-state index contributed by atoms with van der Waals surface area (Å²) in [4.78, 5) is 12.3. The van der Waals surface area contributed by atoms with Crippen LogP contribution in [0.15, 0.2) is 0 Å². The lowest BCUT2D eigenvalue weighted by Gasteiger charge is -2.48. The van der Waals surface area contributed by atoms with Gasteiger partial charge >= 0.3 is 5.97 Å². The Kier molecular flexibility index (Phi) is 15.9. The van der Waals surface area contributed by atoms with Crippen molar-refractivity contribution in [3.05, 3.63) is 0 Å². The van der Waals surface area contributed by atoms with E-state index in [1.165, 1.54) is 0 Å². The van der Waals surface area contributed by atoms with Crippen LogP contribution in [0.5, 0.6) is 0 Å². The Hall–Kier alpha value is -1.53. The molecule has 17 N–H and O–H groups in total. The van der Waals surface area contributed by atoms with Crippen molar-refractivity contribution < 1.29 is 134 Å². The van der Waals surface area contributed by atoms with Gasteiger partial charge in [-0.1, -0.05) is 0 Å². The lowest BCUT2D eigenvalue weighted by Crippen LogP contribution is -2.67. The first-order valence-corrected chi connectivity index (χ1v) is 17.6. The zero-order valence-corrected chi connectivity index (χ0v) is 29.4. The number of hydrogen-bond acceptors (Lipinski definition) is 26. The number of aliphatic carboxylic acids is 1. The largest absolute Gasteiger partial charge is 0.479 e. The van der Waals surface area contributed by atoms with E-state index in [0.29, 0.717) is 0 Å².